The number of aryl methyl sites for hydroxylation is 5. The third kappa shape index (κ3) is 36.0. The first kappa shape index (κ1) is 117. The lowest BCUT2D eigenvalue weighted by atomic mass is 9.82. The molecule has 36 heteroatoms. The Labute approximate surface area is 910 Å². The van der Waals surface area contributed by atoms with Crippen LogP contribution < -0.4 is 27.3 Å². The number of nitrogens with two attached hydrogens (primary N) is 1. The number of nitrogens with one attached hydrogen (secondary N) is 6. The molecule has 0 saturated carbocycles. The van der Waals surface area contributed by atoms with Gasteiger partial charge in [0.2, 0.25) is 0 Å². The second-order valence-corrected chi connectivity index (χ2v) is 45.3. The number of aromatic nitrogens is 13. The van der Waals surface area contributed by atoms with E-state index in [0.29, 0.717) is 11.4 Å². The number of anilines is 3. The number of nitrogens with zero attached hydrogens (tertiary/aromatic N) is 9. The van der Waals surface area contributed by atoms with Crippen LogP contribution in [0.5, 0.6) is 0 Å². The van der Waals surface area contributed by atoms with E-state index in [0.717, 1.165) is 133 Å². The molecule has 0 unspecified atom stereocenters. The van der Waals surface area contributed by atoms with Crippen LogP contribution in [0.4, 0.5) is 36.2 Å². The Morgan fingerprint density at radius 1 is 0.374 bits per heavy atom. The number of benzene rings is 8. The van der Waals surface area contributed by atoms with Crippen LogP contribution in [0.15, 0.2) is 274 Å². The summed E-state index contributed by atoms with van der Waals surface area (Å²) in [6.07, 6.45) is 26.2. The van der Waals surface area contributed by atoms with E-state index in [1.165, 1.54) is 31.4 Å². The summed E-state index contributed by atoms with van der Waals surface area (Å²) >= 11 is 15.7. The minimum absolute atomic E-state index is 0.331. The maximum atomic E-state index is 12.2. The van der Waals surface area contributed by atoms with Crippen LogP contribution in [0.2, 0.25) is 0 Å². The summed E-state index contributed by atoms with van der Waals surface area (Å²) in [4.78, 5) is 55.2. The molecule has 8 aromatic carbocycles. The number of hydrogen-bond acceptors (Lipinski definition) is 19. The number of hydrogen-bond donors (Lipinski definition) is 7. The predicted molar refractivity (Wildman–Crippen MR) is 613 cm³/mol. The summed E-state index contributed by atoms with van der Waals surface area (Å²) < 4.78 is 61.4. The van der Waals surface area contributed by atoms with Gasteiger partial charge in [0, 0.05) is 124 Å². The molecule has 0 bridgehead atoms. The van der Waals surface area contributed by atoms with Gasteiger partial charge in [-0.1, -0.05) is 133 Å². The van der Waals surface area contributed by atoms with E-state index in [1.807, 2.05) is 158 Å². The quantitative estimate of drug-likeness (QED) is 0.0175. The summed E-state index contributed by atoms with van der Waals surface area (Å²) in [7, 11) is -0.734. The molecule has 2 aliphatic rings. The highest BCUT2D eigenvalue weighted by Gasteiger charge is 2.53. The monoisotopic (exact) mass is 2360 g/mol. The number of fused-ring (bicyclic) bond motifs is 3. The smallest absolute Gasteiger partial charge is 0.444 e. The molecule has 18 rings (SSSR count). The number of nitrogen functional groups attached to an aromatic ring is 1. The normalized spacial score (nSPS) is 13.6. The molecule has 10 heterocycles. The van der Waals surface area contributed by atoms with Gasteiger partial charge in [0.1, 0.15) is 22.4 Å². The zero-order chi connectivity index (χ0) is 108. The molecular weight excluding hydrogens is 2230 g/mol. The van der Waals surface area contributed by atoms with Crippen molar-refractivity contribution < 1.29 is 61.5 Å². The van der Waals surface area contributed by atoms with Crippen molar-refractivity contribution in [1.82, 2.24) is 64.3 Å². The number of H-pyrrole nitrogens is 4. The zero-order valence-electron chi connectivity index (χ0n) is 88.2. The SMILES string of the molecule is Brc1cn[nH]c1.CC(C)(C)OC(=O)Nc1c[nH]c2ccc(Br)cc12.CC(C)(C)OC(=O)OC(=O)OC(C)(C)C.CCc1ccc(-n2cc(-c3ccc4[nH]cc(NC(=O)OC(C)(C)C)c4c3)cn2)cc1.CCc1ccc(-n2cc(B3OC(C)(C)C(C)(C)O3)cn2)cc1.CCc1ccc(-n2cc(B3OC(C)(C)C(C)(C)O3)cn2)cc1.CCc1ccc(-n2cc(Br)cn2)cc1.CCc1ccc(I)cc1.Nc1c[nH]c2ccc(Br)cc12. The van der Waals surface area contributed by atoms with Crippen LogP contribution in [0.25, 0.3) is 66.6 Å². The van der Waals surface area contributed by atoms with Crippen molar-refractivity contribution in [3.8, 4) is 33.9 Å². The van der Waals surface area contributed by atoms with Gasteiger partial charge in [-0.05, 0) is 368 Å². The number of amides is 2. The highest BCUT2D eigenvalue weighted by molar-refractivity contribution is 14.1. The van der Waals surface area contributed by atoms with Gasteiger partial charge in [0.25, 0.3) is 0 Å². The minimum atomic E-state index is -1.06. The first-order chi connectivity index (χ1) is 69.1. The molecular formula is C111H135B2Br4IN16O13. The highest BCUT2D eigenvalue weighted by atomic mass is 127. The Hall–Kier alpha value is -11.9. The van der Waals surface area contributed by atoms with Crippen molar-refractivity contribution in [2.75, 3.05) is 16.4 Å². The summed E-state index contributed by atoms with van der Waals surface area (Å²) in [6.45, 7) is 48.3. The predicted octanol–water partition coefficient (Wildman–Crippen LogP) is 28.3. The van der Waals surface area contributed by atoms with Gasteiger partial charge in [-0.15, -0.1) is 0 Å². The topological polar surface area (TPSA) is 349 Å². The van der Waals surface area contributed by atoms with E-state index in [2.05, 4.69) is 359 Å². The molecule has 0 spiro atoms. The Morgan fingerprint density at radius 2 is 0.701 bits per heavy atom. The number of carbonyl (C=O) groups excluding carboxylic acids is 4. The molecule has 778 valence electrons. The maximum Gasteiger partial charge on any atom is 0.519 e. The highest BCUT2D eigenvalue weighted by Crippen LogP contribution is 2.39. The number of ether oxygens (including phenoxy) is 5. The van der Waals surface area contributed by atoms with Gasteiger partial charge in [-0.25, -0.2) is 37.9 Å². The molecule has 16 aromatic rings. The van der Waals surface area contributed by atoms with Gasteiger partial charge in [-0.3, -0.25) is 15.7 Å². The van der Waals surface area contributed by atoms with E-state index in [9.17, 15) is 19.2 Å². The fraction of sp³-hybridized carbons (Fsp3) is 0.342. The van der Waals surface area contributed by atoms with Crippen molar-refractivity contribution in [2.45, 2.75) is 250 Å². The van der Waals surface area contributed by atoms with E-state index < -0.39 is 46.9 Å². The van der Waals surface area contributed by atoms with E-state index >= 15 is 0 Å². The first-order valence-electron chi connectivity index (χ1n) is 48.5. The summed E-state index contributed by atoms with van der Waals surface area (Å²) in [5, 5.41) is 32.4. The van der Waals surface area contributed by atoms with Gasteiger partial charge in [0.15, 0.2) is 0 Å². The third-order valence-electron chi connectivity index (χ3n) is 23.2. The molecule has 2 saturated heterocycles. The number of aromatic amines is 4. The Kier molecular flexibility index (Phi) is 41.3. The fourth-order valence-electron chi connectivity index (χ4n) is 13.9. The molecule has 8 N–H and O–H groups in total. The minimum Gasteiger partial charge on any atom is -0.444 e. The van der Waals surface area contributed by atoms with Crippen LogP contribution in [0.3, 0.4) is 0 Å². The average Bonchev–Trinajstić information content (AvgIpc) is 1.62. The molecule has 0 radical (unpaired) electrons. The molecule has 0 aliphatic carbocycles. The Bertz CT molecular complexity index is 6760. The fourth-order valence-corrected chi connectivity index (χ4v) is 15.4. The number of rotatable bonds is 14. The van der Waals surface area contributed by atoms with Crippen molar-refractivity contribution in [3.63, 3.8) is 0 Å². The van der Waals surface area contributed by atoms with Gasteiger partial charge in [0.05, 0.1) is 89.8 Å². The van der Waals surface area contributed by atoms with Crippen LogP contribution >= 0.6 is 86.3 Å². The lowest BCUT2D eigenvalue weighted by molar-refractivity contribution is -0.0295. The summed E-state index contributed by atoms with van der Waals surface area (Å²) in [6, 6.07) is 60.2. The third-order valence-corrected chi connectivity index (χ3v) is 25.7. The van der Waals surface area contributed by atoms with Crippen LogP contribution in [-0.4, -0.2) is 148 Å². The Balaban J connectivity index is 0.000000174. The molecule has 2 amide bonds. The molecule has 0 atom stereocenters. The molecule has 8 aromatic heterocycles. The van der Waals surface area contributed by atoms with Crippen molar-refractivity contribution >= 4 is 186 Å². The van der Waals surface area contributed by atoms with Crippen LogP contribution in [0.1, 0.15) is 201 Å². The molecule has 29 nitrogen and oxygen atoms in total. The van der Waals surface area contributed by atoms with Gasteiger partial charge < -0.3 is 63.0 Å². The largest absolute Gasteiger partial charge is 0.519 e. The maximum absolute atomic E-state index is 12.2. The number of carbonyl (C=O) groups is 4. The standard InChI is InChI=1S/C24H26N4O2.2C17H23BN2O2.C13H15BrN2O2.C11H11BrN2.C10H18O5.C8H7BrN2.C8H9I.C3H3BrN2/c1-5-16-6-9-19(10-7-16)28-15-18(13-26-28)17-8-11-21-20(12-17)22(14-25-21)27-23(29)30-24(2,3)4;2*1-6-13-7-9-15(10-8-13)20-12-14(11-19-20)18-21-16(2,3)17(4,5)22-18;1-13(2,3)18-12(17)16-11-7-15-10-5-4-8(14)6-9(10)11;1-2-9-3-5-11(6-4-9)14-8-10(12)7-13-14;1-9(2,3)14-7(11)13-8(12)15-10(4,5)6;9-5-1-2-8-6(3-5)7(10)4-11-8;1-2-7-3-5-8(9)6-4-7;4-3-1-5-6-2-3/h6-15,25H,5H2,1-4H3,(H,27,29);2*7-12H,6H2,1-5H3;4-7,15H,1-3H3,(H,16,17);3-8H,2H2,1H3;1-6H3;1-4,11H,10H2;3-6H,2H2,1H3;1-2H,(H,5,6). The first-order valence-corrected chi connectivity index (χ1v) is 52.7. The van der Waals surface area contributed by atoms with Gasteiger partial charge in [-0.2, -0.15) is 25.5 Å². The van der Waals surface area contributed by atoms with Crippen molar-refractivity contribution in [3.05, 3.63) is 306 Å². The van der Waals surface area contributed by atoms with Crippen molar-refractivity contribution in [2.24, 2.45) is 0 Å². The lowest BCUT2D eigenvalue weighted by Gasteiger charge is -2.32. The second kappa shape index (κ2) is 51.8. The lowest BCUT2D eigenvalue weighted by Crippen LogP contribution is -2.41. The van der Waals surface area contributed by atoms with Gasteiger partial charge >= 0.3 is 38.7 Å². The molecule has 2 aliphatic heterocycles. The number of halogens is 5. The zero-order valence-corrected chi connectivity index (χ0v) is 96.7. The summed E-state index contributed by atoms with van der Waals surface area (Å²) in [5.41, 5.74) is 21.9. The van der Waals surface area contributed by atoms with E-state index in [1.54, 1.807) is 78.7 Å². The molecule has 2 fully saturated rings. The van der Waals surface area contributed by atoms with Crippen molar-refractivity contribution in [1.29, 1.82) is 0 Å². The summed E-state index contributed by atoms with van der Waals surface area (Å²) in [5.74, 6) is 0. The van der Waals surface area contributed by atoms with E-state index in [-0.39, 0.29) is 36.6 Å². The Morgan fingerprint density at radius 3 is 1.04 bits per heavy atom. The average molecular weight is 2370 g/mol. The molecule has 147 heavy (non-hydrogen) atoms. The second-order valence-electron chi connectivity index (χ2n) is 40.4. The van der Waals surface area contributed by atoms with E-state index in [4.69, 9.17) is 43.3 Å². The van der Waals surface area contributed by atoms with Crippen LogP contribution in [-0.2, 0) is 74.4 Å². The van der Waals surface area contributed by atoms with Crippen LogP contribution in [0, 0.1) is 3.57 Å².